The van der Waals surface area contributed by atoms with E-state index in [2.05, 4.69) is 16.9 Å². The fraction of sp³-hybridized carbons (Fsp3) is 0.615. The number of rotatable bonds is 3. The summed E-state index contributed by atoms with van der Waals surface area (Å²) in [5.41, 5.74) is 0.352. The van der Waals surface area contributed by atoms with Crippen molar-refractivity contribution >= 4 is 17.5 Å². The minimum absolute atomic E-state index is 0.0387. The topological polar surface area (TPSA) is 46.1 Å². The fourth-order valence-electron chi connectivity index (χ4n) is 2.49. The number of carbonyl (C=O) groups excluding carboxylic acids is 1. The normalized spacial score (nSPS) is 19.9. The van der Waals surface area contributed by atoms with Crippen LogP contribution in [0.4, 0.5) is 0 Å². The van der Waals surface area contributed by atoms with Crippen LogP contribution >= 0.6 is 11.6 Å². The molecule has 0 bridgehead atoms. The molecule has 1 atom stereocenters. The fourth-order valence-corrected chi connectivity index (χ4v) is 2.64. The summed E-state index contributed by atoms with van der Waals surface area (Å²) >= 11 is 5.78. The van der Waals surface area contributed by atoms with E-state index in [1.165, 1.54) is 18.8 Å². The number of aromatic nitrogens is 2. The predicted molar refractivity (Wildman–Crippen MR) is 70.6 cm³/mol. The van der Waals surface area contributed by atoms with Gasteiger partial charge in [0.05, 0.1) is 12.4 Å². The van der Waals surface area contributed by atoms with Crippen molar-refractivity contribution in [3.63, 3.8) is 0 Å². The van der Waals surface area contributed by atoms with E-state index in [1.54, 1.807) is 0 Å². The van der Waals surface area contributed by atoms with E-state index in [0.29, 0.717) is 11.7 Å². The van der Waals surface area contributed by atoms with Crippen LogP contribution in [0.15, 0.2) is 12.4 Å². The molecule has 1 aliphatic heterocycles. The predicted octanol–water partition coefficient (Wildman–Crippen LogP) is 2.92. The maximum absolute atomic E-state index is 12.4. The van der Waals surface area contributed by atoms with E-state index in [1.807, 2.05) is 4.90 Å². The first kappa shape index (κ1) is 13.3. The minimum Gasteiger partial charge on any atom is -0.334 e. The summed E-state index contributed by atoms with van der Waals surface area (Å²) in [6.07, 6.45) is 8.45. The Morgan fingerprint density at radius 3 is 3.06 bits per heavy atom. The molecule has 1 aliphatic rings. The third-order valence-electron chi connectivity index (χ3n) is 3.33. The number of halogens is 1. The first-order valence-electron chi connectivity index (χ1n) is 6.51. The van der Waals surface area contributed by atoms with Crippen molar-refractivity contribution < 1.29 is 4.79 Å². The van der Waals surface area contributed by atoms with E-state index in [4.69, 9.17) is 11.6 Å². The smallest absolute Gasteiger partial charge is 0.274 e. The molecule has 5 heteroatoms. The standard InChI is InChI=1S/C13H18ClN3O/c1-2-5-10-6-3-4-7-17(10)13(18)11-8-15-9-12(14)16-11/h8-10H,2-7H2,1H3. The number of likely N-dealkylation sites (tertiary alicyclic amines) is 1. The summed E-state index contributed by atoms with van der Waals surface area (Å²) in [5, 5.41) is 0.268. The van der Waals surface area contributed by atoms with Crippen molar-refractivity contribution in [3.8, 4) is 0 Å². The molecule has 98 valence electrons. The van der Waals surface area contributed by atoms with Crippen molar-refractivity contribution in [1.29, 1.82) is 0 Å². The van der Waals surface area contributed by atoms with Crippen LogP contribution in [0.25, 0.3) is 0 Å². The van der Waals surface area contributed by atoms with Gasteiger partial charge in [0.15, 0.2) is 0 Å². The second kappa shape index (κ2) is 6.14. The van der Waals surface area contributed by atoms with Gasteiger partial charge in [0.25, 0.3) is 5.91 Å². The molecule has 1 unspecified atom stereocenters. The van der Waals surface area contributed by atoms with E-state index in [-0.39, 0.29) is 11.1 Å². The quantitative estimate of drug-likeness (QED) is 0.846. The van der Waals surface area contributed by atoms with Crippen LogP contribution in [0.3, 0.4) is 0 Å². The van der Waals surface area contributed by atoms with Gasteiger partial charge < -0.3 is 4.90 Å². The van der Waals surface area contributed by atoms with Gasteiger partial charge in [-0.15, -0.1) is 0 Å². The largest absolute Gasteiger partial charge is 0.334 e. The Labute approximate surface area is 112 Å². The molecule has 1 aromatic rings. The third-order valence-corrected chi connectivity index (χ3v) is 3.52. The SMILES string of the molecule is CCCC1CCCCN1C(=O)c1cncc(Cl)n1. The van der Waals surface area contributed by atoms with E-state index in [9.17, 15) is 4.79 Å². The lowest BCUT2D eigenvalue weighted by molar-refractivity contribution is 0.0594. The van der Waals surface area contributed by atoms with E-state index >= 15 is 0 Å². The summed E-state index contributed by atoms with van der Waals surface area (Å²) in [4.78, 5) is 22.3. The van der Waals surface area contributed by atoms with Gasteiger partial charge in [0.2, 0.25) is 0 Å². The summed E-state index contributed by atoms with van der Waals surface area (Å²) < 4.78 is 0. The maximum atomic E-state index is 12.4. The third kappa shape index (κ3) is 2.99. The first-order valence-corrected chi connectivity index (χ1v) is 6.88. The Balaban J connectivity index is 2.15. The van der Waals surface area contributed by atoms with Gasteiger partial charge in [-0.1, -0.05) is 24.9 Å². The monoisotopic (exact) mass is 267 g/mol. The maximum Gasteiger partial charge on any atom is 0.274 e. The number of nitrogens with zero attached hydrogens (tertiary/aromatic N) is 3. The molecule has 1 aromatic heterocycles. The van der Waals surface area contributed by atoms with Crippen molar-refractivity contribution in [2.24, 2.45) is 0 Å². The van der Waals surface area contributed by atoms with Gasteiger partial charge in [-0.05, 0) is 25.7 Å². The van der Waals surface area contributed by atoms with Crippen LogP contribution in [0, 0.1) is 0 Å². The molecule has 0 N–H and O–H groups in total. The molecule has 0 spiro atoms. The van der Waals surface area contributed by atoms with Crippen molar-refractivity contribution in [1.82, 2.24) is 14.9 Å². The molecule has 18 heavy (non-hydrogen) atoms. The molecule has 1 fully saturated rings. The van der Waals surface area contributed by atoms with Crippen LogP contribution in [-0.2, 0) is 0 Å². The molecular weight excluding hydrogens is 250 g/mol. The molecule has 0 saturated carbocycles. The van der Waals surface area contributed by atoms with Gasteiger partial charge in [-0.25, -0.2) is 4.98 Å². The molecule has 2 rings (SSSR count). The van der Waals surface area contributed by atoms with Crippen LogP contribution in [0.2, 0.25) is 5.15 Å². The molecule has 0 aromatic carbocycles. The number of hydrogen-bond donors (Lipinski definition) is 0. The number of hydrogen-bond acceptors (Lipinski definition) is 3. The molecule has 1 amide bonds. The summed E-state index contributed by atoms with van der Waals surface area (Å²) in [6.45, 7) is 2.97. The van der Waals surface area contributed by atoms with Gasteiger partial charge in [0, 0.05) is 12.6 Å². The lowest BCUT2D eigenvalue weighted by Crippen LogP contribution is -2.44. The van der Waals surface area contributed by atoms with Crippen LogP contribution in [0.5, 0.6) is 0 Å². The number of amides is 1. The summed E-state index contributed by atoms with van der Waals surface area (Å²) in [7, 11) is 0. The number of piperidine rings is 1. The highest BCUT2D eigenvalue weighted by atomic mass is 35.5. The lowest BCUT2D eigenvalue weighted by atomic mass is 9.98. The Bertz CT molecular complexity index is 422. The Morgan fingerprint density at radius 1 is 1.50 bits per heavy atom. The molecular formula is C13H18ClN3O. The average molecular weight is 268 g/mol. The second-order valence-corrected chi connectivity index (χ2v) is 5.05. The second-order valence-electron chi connectivity index (χ2n) is 4.66. The highest BCUT2D eigenvalue weighted by Gasteiger charge is 2.27. The van der Waals surface area contributed by atoms with Crippen molar-refractivity contribution in [2.45, 2.75) is 45.1 Å². The lowest BCUT2D eigenvalue weighted by Gasteiger charge is -2.35. The van der Waals surface area contributed by atoms with Gasteiger partial charge in [-0.3, -0.25) is 9.78 Å². The van der Waals surface area contributed by atoms with Gasteiger partial charge >= 0.3 is 0 Å². The van der Waals surface area contributed by atoms with Gasteiger partial charge in [0.1, 0.15) is 10.8 Å². The van der Waals surface area contributed by atoms with Crippen LogP contribution < -0.4 is 0 Å². The summed E-state index contributed by atoms with van der Waals surface area (Å²) in [5.74, 6) is -0.0387. The zero-order valence-corrected chi connectivity index (χ0v) is 11.4. The van der Waals surface area contributed by atoms with Crippen LogP contribution in [-0.4, -0.2) is 33.4 Å². The molecule has 0 aliphatic carbocycles. The molecule has 4 nitrogen and oxygen atoms in total. The van der Waals surface area contributed by atoms with E-state index < -0.39 is 0 Å². The van der Waals surface area contributed by atoms with Gasteiger partial charge in [-0.2, -0.15) is 0 Å². The Hall–Kier alpha value is -1.16. The molecule has 1 saturated heterocycles. The zero-order chi connectivity index (χ0) is 13.0. The van der Waals surface area contributed by atoms with Crippen LogP contribution in [0.1, 0.15) is 49.5 Å². The summed E-state index contributed by atoms with van der Waals surface area (Å²) in [6, 6.07) is 0.344. The highest BCUT2D eigenvalue weighted by Crippen LogP contribution is 2.22. The molecule has 0 radical (unpaired) electrons. The minimum atomic E-state index is -0.0387. The molecule has 2 heterocycles. The Morgan fingerprint density at radius 2 is 2.33 bits per heavy atom. The highest BCUT2D eigenvalue weighted by molar-refractivity contribution is 6.29. The van der Waals surface area contributed by atoms with Crippen molar-refractivity contribution in [2.75, 3.05) is 6.54 Å². The van der Waals surface area contributed by atoms with Crippen molar-refractivity contribution in [3.05, 3.63) is 23.2 Å². The number of carbonyl (C=O) groups is 1. The zero-order valence-electron chi connectivity index (χ0n) is 10.6. The van der Waals surface area contributed by atoms with E-state index in [0.717, 1.165) is 32.2 Å². The average Bonchev–Trinajstić information content (AvgIpc) is 2.39. The first-order chi connectivity index (χ1) is 8.72. The Kier molecular flexibility index (Phi) is 4.53.